The Balaban J connectivity index is 3.00. The van der Waals surface area contributed by atoms with Gasteiger partial charge in [0.25, 0.3) is 0 Å². The topological polar surface area (TPSA) is 20.3 Å². The molecular formula is C13H23NO. The molecule has 0 saturated carbocycles. The first kappa shape index (κ1) is 12.3. The summed E-state index contributed by atoms with van der Waals surface area (Å²) in [4.78, 5) is 14.1. The van der Waals surface area contributed by atoms with Crippen LogP contribution in [0.5, 0.6) is 0 Å². The molecule has 1 unspecified atom stereocenters. The van der Waals surface area contributed by atoms with Crippen LogP contribution >= 0.6 is 0 Å². The van der Waals surface area contributed by atoms with E-state index in [-0.39, 0.29) is 22.8 Å². The summed E-state index contributed by atoms with van der Waals surface area (Å²) in [6.07, 6.45) is 0.805. The molecule has 1 rings (SSSR count). The van der Waals surface area contributed by atoms with Crippen LogP contribution in [0.2, 0.25) is 0 Å². The molecule has 1 aliphatic rings. The summed E-state index contributed by atoms with van der Waals surface area (Å²) in [5.74, 6) is 0.323. The summed E-state index contributed by atoms with van der Waals surface area (Å²) >= 11 is 0. The molecule has 0 aromatic carbocycles. The summed E-state index contributed by atoms with van der Waals surface area (Å²) in [6.45, 7) is 16.6. The predicted octanol–water partition coefficient (Wildman–Crippen LogP) is 3.19. The zero-order valence-corrected chi connectivity index (χ0v) is 10.8. The Kier molecular flexibility index (Phi) is 2.75. The van der Waals surface area contributed by atoms with Gasteiger partial charge in [-0.1, -0.05) is 27.4 Å². The largest absolute Gasteiger partial charge is 0.311 e. The third-order valence-corrected chi connectivity index (χ3v) is 2.99. The van der Waals surface area contributed by atoms with Gasteiger partial charge in [0.1, 0.15) is 0 Å². The Morgan fingerprint density at radius 3 is 1.87 bits per heavy atom. The zero-order valence-electron chi connectivity index (χ0n) is 10.8. The summed E-state index contributed by atoms with van der Waals surface area (Å²) in [5.41, 5.74) is 0.848. The highest BCUT2D eigenvalue weighted by Crippen LogP contribution is 2.41. The molecule has 0 aliphatic carbocycles. The van der Waals surface area contributed by atoms with Crippen molar-refractivity contribution in [2.45, 2.75) is 53.5 Å². The Labute approximate surface area is 93.3 Å². The number of amides is 1. The van der Waals surface area contributed by atoms with Gasteiger partial charge in [-0.05, 0) is 32.6 Å². The molecule has 1 heterocycles. The maximum Gasteiger partial charge on any atom is 0.231 e. The predicted molar refractivity (Wildman–Crippen MR) is 63.3 cm³/mol. The number of hydrogen-bond donors (Lipinski definition) is 0. The minimum absolute atomic E-state index is 0.0278. The highest BCUT2D eigenvalue weighted by atomic mass is 16.2. The Morgan fingerprint density at radius 1 is 1.20 bits per heavy atom. The van der Waals surface area contributed by atoms with E-state index in [1.54, 1.807) is 0 Å². The molecule has 2 heteroatoms. The number of likely N-dealkylation sites (tertiary alicyclic amines) is 1. The van der Waals surface area contributed by atoms with Crippen molar-refractivity contribution in [3.63, 3.8) is 0 Å². The first-order valence-corrected chi connectivity index (χ1v) is 5.57. The van der Waals surface area contributed by atoms with Gasteiger partial charge in [0.2, 0.25) is 5.91 Å². The van der Waals surface area contributed by atoms with E-state index in [0.29, 0.717) is 0 Å². The SMILES string of the molecule is C=C1CC(C(C)(C)C)C(=O)N1C(C)(C)C. The van der Waals surface area contributed by atoms with E-state index in [1.165, 1.54) is 0 Å². The monoisotopic (exact) mass is 209 g/mol. The van der Waals surface area contributed by atoms with Crippen LogP contribution < -0.4 is 0 Å². The quantitative estimate of drug-likeness (QED) is 0.600. The standard InChI is InChI=1S/C13H23NO/c1-9-8-10(12(2,3)4)11(15)14(9)13(5,6)7/h10H,1,8H2,2-7H3. The lowest BCUT2D eigenvalue weighted by Gasteiger charge is -2.34. The van der Waals surface area contributed by atoms with E-state index in [2.05, 4.69) is 48.1 Å². The van der Waals surface area contributed by atoms with E-state index in [4.69, 9.17) is 0 Å². The van der Waals surface area contributed by atoms with Crippen molar-refractivity contribution in [1.82, 2.24) is 4.90 Å². The number of nitrogens with zero attached hydrogens (tertiary/aromatic N) is 1. The van der Waals surface area contributed by atoms with Crippen LogP contribution in [0.1, 0.15) is 48.0 Å². The molecule has 1 saturated heterocycles. The van der Waals surface area contributed by atoms with Gasteiger partial charge >= 0.3 is 0 Å². The molecule has 1 amide bonds. The van der Waals surface area contributed by atoms with E-state index in [1.807, 2.05) is 4.90 Å². The molecular weight excluding hydrogens is 186 g/mol. The minimum atomic E-state index is -0.145. The molecule has 0 aromatic rings. The van der Waals surface area contributed by atoms with Crippen molar-refractivity contribution in [3.05, 3.63) is 12.3 Å². The zero-order chi connectivity index (χ0) is 12.0. The van der Waals surface area contributed by atoms with Crippen LogP contribution in [-0.2, 0) is 4.79 Å². The van der Waals surface area contributed by atoms with Crippen LogP contribution in [0.15, 0.2) is 12.3 Å². The smallest absolute Gasteiger partial charge is 0.231 e. The maximum absolute atomic E-state index is 12.3. The summed E-state index contributed by atoms with van der Waals surface area (Å²) < 4.78 is 0. The Bertz CT molecular complexity index is 291. The second kappa shape index (κ2) is 3.36. The number of carbonyl (C=O) groups is 1. The van der Waals surface area contributed by atoms with Gasteiger partial charge in [-0.15, -0.1) is 0 Å². The number of allylic oxidation sites excluding steroid dienone is 1. The summed E-state index contributed by atoms with van der Waals surface area (Å²) in [6, 6.07) is 0. The molecule has 0 aromatic heterocycles. The summed E-state index contributed by atoms with van der Waals surface area (Å²) in [5, 5.41) is 0. The second-order valence-corrected chi connectivity index (χ2v) is 6.53. The van der Waals surface area contributed by atoms with Gasteiger partial charge in [-0.3, -0.25) is 4.79 Å². The number of carbonyl (C=O) groups excluding carboxylic acids is 1. The van der Waals surface area contributed by atoms with Crippen LogP contribution in [-0.4, -0.2) is 16.3 Å². The second-order valence-electron chi connectivity index (χ2n) is 6.53. The normalized spacial score (nSPS) is 23.9. The van der Waals surface area contributed by atoms with Gasteiger partial charge in [-0.2, -0.15) is 0 Å². The van der Waals surface area contributed by atoms with Gasteiger partial charge < -0.3 is 4.90 Å². The lowest BCUT2D eigenvalue weighted by molar-refractivity contribution is -0.136. The van der Waals surface area contributed by atoms with Gasteiger partial charge in [-0.25, -0.2) is 0 Å². The average Bonchev–Trinajstić information content (AvgIpc) is 2.22. The van der Waals surface area contributed by atoms with Crippen molar-refractivity contribution in [1.29, 1.82) is 0 Å². The molecule has 86 valence electrons. The third-order valence-electron chi connectivity index (χ3n) is 2.99. The van der Waals surface area contributed by atoms with Gasteiger partial charge in [0.15, 0.2) is 0 Å². The van der Waals surface area contributed by atoms with E-state index < -0.39 is 0 Å². The molecule has 2 nitrogen and oxygen atoms in total. The molecule has 1 aliphatic heterocycles. The van der Waals surface area contributed by atoms with E-state index in [0.717, 1.165) is 12.1 Å². The van der Waals surface area contributed by atoms with Crippen molar-refractivity contribution >= 4 is 5.91 Å². The molecule has 1 atom stereocenters. The molecule has 0 spiro atoms. The Morgan fingerprint density at radius 2 is 1.67 bits per heavy atom. The van der Waals surface area contributed by atoms with Crippen molar-refractivity contribution in [2.75, 3.05) is 0 Å². The fourth-order valence-corrected chi connectivity index (χ4v) is 2.21. The lowest BCUT2D eigenvalue weighted by atomic mass is 9.79. The highest BCUT2D eigenvalue weighted by molar-refractivity contribution is 5.85. The van der Waals surface area contributed by atoms with Crippen molar-refractivity contribution in [3.8, 4) is 0 Å². The highest BCUT2D eigenvalue weighted by Gasteiger charge is 2.45. The fraction of sp³-hybridized carbons (Fsp3) is 0.769. The van der Waals surface area contributed by atoms with Crippen LogP contribution in [0, 0.1) is 11.3 Å². The first-order chi connectivity index (χ1) is 6.55. The molecule has 0 radical (unpaired) electrons. The molecule has 0 N–H and O–H groups in total. The number of rotatable bonds is 0. The van der Waals surface area contributed by atoms with E-state index in [9.17, 15) is 4.79 Å². The van der Waals surface area contributed by atoms with Gasteiger partial charge in [0.05, 0.1) is 0 Å². The van der Waals surface area contributed by atoms with Gasteiger partial charge in [0, 0.05) is 17.2 Å². The molecule has 0 bridgehead atoms. The maximum atomic E-state index is 12.3. The first-order valence-electron chi connectivity index (χ1n) is 5.57. The molecule has 15 heavy (non-hydrogen) atoms. The van der Waals surface area contributed by atoms with E-state index >= 15 is 0 Å². The van der Waals surface area contributed by atoms with Crippen LogP contribution in [0.25, 0.3) is 0 Å². The minimum Gasteiger partial charge on any atom is -0.311 e. The van der Waals surface area contributed by atoms with Crippen molar-refractivity contribution in [2.24, 2.45) is 11.3 Å². The lowest BCUT2D eigenvalue weighted by Crippen LogP contribution is -2.43. The van der Waals surface area contributed by atoms with Crippen LogP contribution in [0.4, 0.5) is 0 Å². The Hall–Kier alpha value is -0.790. The number of hydrogen-bond acceptors (Lipinski definition) is 1. The molecule has 1 fully saturated rings. The van der Waals surface area contributed by atoms with Crippen molar-refractivity contribution < 1.29 is 4.79 Å². The van der Waals surface area contributed by atoms with Crippen LogP contribution in [0.3, 0.4) is 0 Å². The average molecular weight is 209 g/mol. The fourth-order valence-electron chi connectivity index (χ4n) is 2.21. The summed E-state index contributed by atoms with van der Waals surface area (Å²) in [7, 11) is 0. The third kappa shape index (κ3) is 2.24.